The highest BCUT2D eigenvalue weighted by molar-refractivity contribution is 7.89. The molecule has 2 aromatic carbocycles. The van der Waals surface area contributed by atoms with Gasteiger partial charge in [0.15, 0.2) is 6.10 Å². The van der Waals surface area contributed by atoms with Crippen LogP contribution in [0, 0.1) is 5.82 Å². The molecule has 0 unspecified atom stereocenters. The molecule has 0 spiro atoms. The second-order valence-corrected chi connectivity index (χ2v) is 8.31. The fourth-order valence-electron chi connectivity index (χ4n) is 2.48. The summed E-state index contributed by atoms with van der Waals surface area (Å²) in [6.45, 7) is 2.85. The van der Waals surface area contributed by atoms with Gasteiger partial charge in [-0.25, -0.2) is 12.8 Å². The first-order valence-electron chi connectivity index (χ1n) is 8.69. The smallest absolute Gasteiger partial charge is 0.322 e. The number of carbonyl (C=O) groups excluding carboxylic acids is 2. The molecular weight excluding hydrogens is 385 g/mol. The van der Waals surface area contributed by atoms with Crippen molar-refractivity contribution in [3.05, 3.63) is 65.5 Å². The Morgan fingerprint density at radius 2 is 1.64 bits per heavy atom. The highest BCUT2D eigenvalue weighted by Crippen LogP contribution is 2.15. The van der Waals surface area contributed by atoms with E-state index in [-0.39, 0.29) is 10.7 Å². The van der Waals surface area contributed by atoms with Crippen LogP contribution in [0.15, 0.2) is 53.4 Å². The van der Waals surface area contributed by atoms with Gasteiger partial charge in [0.1, 0.15) is 12.4 Å². The van der Waals surface area contributed by atoms with Crippen LogP contribution in [-0.2, 0) is 26.0 Å². The summed E-state index contributed by atoms with van der Waals surface area (Å²) in [4.78, 5) is 24.3. The lowest BCUT2D eigenvalue weighted by molar-refractivity contribution is -0.146. The molecule has 0 heterocycles. The number of likely N-dealkylation sites (N-methyl/N-ethyl adjacent to an activating group) is 1. The van der Waals surface area contributed by atoms with Crippen LogP contribution in [-0.4, -0.2) is 44.2 Å². The molecule has 6 nitrogen and oxygen atoms in total. The maximum atomic E-state index is 13.0. The second-order valence-electron chi connectivity index (χ2n) is 6.26. The molecule has 0 bridgehead atoms. The number of carbonyl (C=O) groups is 2. The molecule has 0 aliphatic rings. The molecule has 0 radical (unpaired) electrons. The molecule has 0 fully saturated rings. The average molecular weight is 407 g/mol. The summed E-state index contributed by atoms with van der Waals surface area (Å²) in [5.74, 6) is -1.81. The molecule has 150 valence electrons. The van der Waals surface area contributed by atoms with Crippen LogP contribution in [0.4, 0.5) is 4.39 Å². The van der Waals surface area contributed by atoms with Crippen LogP contribution in [0.3, 0.4) is 0 Å². The van der Waals surface area contributed by atoms with Crippen LogP contribution in [0.25, 0.3) is 0 Å². The first-order chi connectivity index (χ1) is 13.1. The molecule has 2 rings (SSSR count). The van der Waals surface area contributed by atoms with Gasteiger partial charge in [0.25, 0.3) is 0 Å². The molecule has 0 aliphatic carbocycles. The fraction of sp³-hybridized carbons (Fsp3) is 0.300. The molecule has 0 saturated heterocycles. The molecule has 0 N–H and O–H groups in total. The number of halogens is 1. The number of benzene rings is 2. The quantitative estimate of drug-likeness (QED) is 0.497. The molecule has 1 atom stereocenters. The van der Waals surface area contributed by atoms with E-state index in [0.717, 1.165) is 40.6 Å². The standard InChI is InChI=1S/C20H22FNO5S/c1-4-15-5-7-16(8-6-15)20(24)14(2)27-19(23)13-22(3)28(25,26)18-11-9-17(21)10-12-18/h5-12,14H,4,13H2,1-3H3/t14-/m1/s1. The minimum atomic E-state index is -3.99. The third-order valence-electron chi connectivity index (χ3n) is 4.20. The highest BCUT2D eigenvalue weighted by Gasteiger charge is 2.26. The predicted octanol–water partition coefficient (Wildman–Crippen LogP) is 2.82. The maximum absolute atomic E-state index is 13.0. The van der Waals surface area contributed by atoms with Crippen molar-refractivity contribution in [1.82, 2.24) is 4.31 Å². The van der Waals surface area contributed by atoms with Gasteiger partial charge in [-0.3, -0.25) is 9.59 Å². The van der Waals surface area contributed by atoms with E-state index in [2.05, 4.69) is 0 Å². The number of esters is 1. The summed E-state index contributed by atoms with van der Waals surface area (Å²) in [6.07, 6.45) is -0.213. The number of hydrogen-bond donors (Lipinski definition) is 0. The van der Waals surface area contributed by atoms with E-state index >= 15 is 0 Å². The second kappa shape index (κ2) is 9.07. The number of Topliss-reactive ketones (excluding diaryl/α,β-unsaturated/α-hetero) is 1. The number of aryl methyl sites for hydroxylation is 1. The van der Waals surface area contributed by atoms with Gasteiger partial charge in [-0.2, -0.15) is 4.31 Å². The topological polar surface area (TPSA) is 80.8 Å². The lowest BCUT2D eigenvalue weighted by atomic mass is 10.0. The van der Waals surface area contributed by atoms with Crippen LogP contribution in [0.2, 0.25) is 0 Å². The van der Waals surface area contributed by atoms with Gasteiger partial charge in [-0.15, -0.1) is 0 Å². The summed E-state index contributed by atoms with van der Waals surface area (Å²) in [5.41, 5.74) is 1.48. The predicted molar refractivity (Wildman–Crippen MR) is 102 cm³/mol. The van der Waals surface area contributed by atoms with E-state index in [4.69, 9.17) is 4.74 Å². The maximum Gasteiger partial charge on any atom is 0.322 e. The number of sulfonamides is 1. The molecule has 8 heteroatoms. The monoisotopic (exact) mass is 407 g/mol. The Kier molecular flexibility index (Phi) is 7.04. The third kappa shape index (κ3) is 5.24. The number of ether oxygens (including phenoxy) is 1. The lowest BCUT2D eigenvalue weighted by Crippen LogP contribution is -2.35. The molecule has 2 aromatic rings. The lowest BCUT2D eigenvalue weighted by Gasteiger charge is -2.18. The Hall–Kier alpha value is -2.58. The molecule has 28 heavy (non-hydrogen) atoms. The average Bonchev–Trinajstić information content (AvgIpc) is 2.67. The molecule has 0 saturated carbocycles. The van der Waals surface area contributed by atoms with Gasteiger partial charge in [-0.1, -0.05) is 31.2 Å². The van der Waals surface area contributed by atoms with E-state index in [1.54, 1.807) is 12.1 Å². The molecule has 0 aromatic heterocycles. The summed E-state index contributed by atoms with van der Waals surface area (Å²) in [5, 5.41) is 0. The molecule has 0 aliphatic heterocycles. The van der Waals surface area contributed by atoms with E-state index in [1.165, 1.54) is 14.0 Å². The minimum Gasteiger partial charge on any atom is -0.453 e. The van der Waals surface area contributed by atoms with Crippen molar-refractivity contribution in [2.75, 3.05) is 13.6 Å². The largest absolute Gasteiger partial charge is 0.453 e. The van der Waals surface area contributed by atoms with Gasteiger partial charge in [0.2, 0.25) is 15.8 Å². The number of rotatable bonds is 8. The molecule has 0 amide bonds. The zero-order valence-corrected chi connectivity index (χ0v) is 16.7. The Morgan fingerprint density at radius 1 is 1.07 bits per heavy atom. The van der Waals surface area contributed by atoms with Crippen molar-refractivity contribution in [3.63, 3.8) is 0 Å². The Labute approximate surface area is 164 Å². The summed E-state index contributed by atoms with van der Waals surface area (Å²) >= 11 is 0. The summed E-state index contributed by atoms with van der Waals surface area (Å²) in [7, 11) is -2.78. The van der Waals surface area contributed by atoms with Gasteiger partial charge in [0.05, 0.1) is 4.90 Å². The van der Waals surface area contributed by atoms with Crippen molar-refractivity contribution in [1.29, 1.82) is 0 Å². The van der Waals surface area contributed by atoms with Gasteiger partial charge in [-0.05, 0) is 43.2 Å². The Bertz CT molecular complexity index is 940. The minimum absolute atomic E-state index is 0.149. The van der Waals surface area contributed by atoms with Crippen molar-refractivity contribution in [3.8, 4) is 0 Å². The number of nitrogens with zero attached hydrogens (tertiary/aromatic N) is 1. The summed E-state index contributed by atoms with van der Waals surface area (Å²) in [6, 6.07) is 11.2. The normalized spacial score (nSPS) is 12.6. The van der Waals surface area contributed by atoms with Crippen molar-refractivity contribution in [2.45, 2.75) is 31.3 Å². The van der Waals surface area contributed by atoms with Crippen LogP contribution < -0.4 is 0 Å². The highest BCUT2D eigenvalue weighted by atomic mass is 32.2. The summed E-state index contributed by atoms with van der Waals surface area (Å²) < 4.78 is 43.7. The zero-order chi connectivity index (χ0) is 20.9. The zero-order valence-electron chi connectivity index (χ0n) is 15.9. The van der Waals surface area contributed by atoms with Crippen molar-refractivity contribution < 1.29 is 27.1 Å². The van der Waals surface area contributed by atoms with Crippen LogP contribution in [0.5, 0.6) is 0 Å². The number of ketones is 1. The first-order valence-corrected chi connectivity index (χ1v) is 10.1. The van der Waals surface area contributed by atoms with Gasteiger partial charge >= 0.3 is 5.97 Å². The van der Waals surface area contributed by atoms with Gasteiger partial charge < -0.3 is 4.74 Å². The van der Waals surface area contributed by atoms with Crippen molar-refractivity contribution >= 4 is 21.8 Å². The van der Waals surface area contributed by atoms with Crippen molar-refractivity contribution in [2.24, 2.45) is 0 Å². The number of hydrogen-bond acceptors (Lipinski definition) is 5. The first kappa shape index (κ1) is 21.7. The van der Waals surface area contributed by atoms with Gasteiger partial charge in [0, 0.05) is 12.6 Å². The van der Waals surface area contributed by atoms with E-state index in [9.17, 15) is 22.4 Å². The van der Waals surface area contributed by atoms with E-state index < -0.39 is 34.5 Å². The van der Waals surface area contributed by atoms with E-state index in [0.29, 0.717) is 5.56 Å². The fourth-order valence-corrected chi connectivity index (χ4v) is 3.60. The van der Waals surface area contributed by atoms with Crippen LogP contribution in [0.1, 0.15) is 29.8 Å². The Morgan fingerprint density at radius 3 is 2.18 bits per heavy atom. The SMILES string of the molecule is CCc1ccc(C(=O)[C@@H](C)OC(=O)CN(C)S(=O)(=O)c2ccc(F)cc2)cc1. The van der Waals surface area contributed by atoms with E-state index in [1.807, 2.05) is 19.1 Å². The Balaban J connectivity index is 1.99. The molecular formula is C20H22FNO5S. The van der Waals surface area contributed by atoms with Crippen LogP contribution >= 0.6 is 0 Å². The third-order valence-corrected chi connectivity index (χ3v) is 6.02.